The van der Waals surface area contributed by atoms with Gasteiger partial charge in [-0.2, -0.15) is 0 Å². The number of non-ortho nitro benzene ring substituents is 1. The minimum atomic E-state index is -0.533. The highest BCUT2D eigenvalue weighted by Crippen LogP contribution is 2.29. The smallest absolute Gasteiger partial charge is 0.271 e. The first-order chi connectivity index (χ1) is 12.0. The van der Waals surface area contributed by atoms with E-state index in [-0.39, 0.29) is 29.5 Å². The Labute approximate surface area is 148 Å². The number of nitrogens with one attached hydrogen (secondary N) is 1. The van der Waals surface area contributed by atoms with Crippen LogP contribution in [0.4, 0.5) is 15.8 Å². The molecule has 0 aromatic heterocycles. The summed E-state index contributed by atoms with van der Waals surface area (Å²) >= 11 is 1.53. The second kappa shape index (κ2) is 9.03. The number of rotatable bonds is 8. The molecule has 2 aromatic carbocycles. The van der Waals surface area contributed by atoms with E-state index in [2.05, 4.69) is 5.32 Å². The van der Waals surface area contributed by atoms with Crippen molar-refractivity contribution < 1.29 is 18.8 Å². The maximum Gasteiger partial charge on any atom is 0.271 e. The highest BCUT2D eigenvalue weighted by atomic mass is 32.2. The van der Waals surface area contributed by atoms with Gasteiger partial charge in [0.15, 0.2) is 0 Å². The predicted octanol–water partition coefficient (Wildman–Crippen LogP) is 4.25. The minimum absolute atomic E-state index is 0.122. The number of nitro groups is 1. The zero-order valence-electron chi connectivity index (χ0n) is 13.5. The Bertz CT molecular complexity index is 753. The zero-order valence-corrected chi connectivity index (χ0v) is 14.3. The van der Waals surface area contributed by atoms with Crippen molar-refractivity contribution in [3.8, 4) is 5.75 Å². The lowest BCUT2D eigenvalue weighted by Gasteiger charge is -2.10. The molecule has 0 bridgehead atoms. The third kappa shape index (κ3) is 5.75. The van der Waals surface area contributed by atoms with Crippen molar-refractivity contribution in [2.75, 3.05) is 18.2 Å². The van der Waals surface area contributed by atoms with Gasteiger partial charge in [-0.15, -0.1) is 11.8 Å². The number of methoxy groups -OCH3 is 1. The van der Waals surface area contributed by atoms with Crippen LogP contribution in [-0.2, 0) is 4.79 Å². The largest absolute Gasteiger partial charge is 0.495 e. The van der Waals surface area contributed by atoms with Crippen LogP contribution in [-0.4, -0.2) is 23.7 Å². The zero-order chi connectivity index (χ0) is 18.2. The molecule has 0 aliphatic carbocycles. The number of hydrogen-bond donors (Lipinski definition) is 1. The standard InChI is InChI=1S/C17H17FN2O4S/c1-24-16-9-6-13(20(22)23)11-15(16)19-17(21)3-2-10-25-14-7-4-12(18)5-8-14/h4-9,11H,2-3,10H2,1H3,(H,19,21). The van der Waals surface area contributed by atoms with Crippen LogP contribution < -0.4 is 10.1 Å². The van der Waals surface area contributed by atoms with E-state index < -0.39 is 4.92 Å². The Morgan fingerprint density at radius 3 is 2.64 bits per heavy atom. The van der Waals surface area contributed by atoms with E-state index in [9.17, 15) is 19.3 Å². The molecule has 1 amide bonds. The van der Waals surface area contributed by atoms with Gasteiger partial charge in [0.05, 0.1) is 17.7 Å². The van der Waals surface area contributed by atoms with Crippen molar-refractivity contribution >= 4 is 29.0 Å². The van der Waals surface area contributed by atoms with Crippen LogP contribution in [0.1, 0.15) is 12.8 Å². The molecule has 0 saturated carbocycles. The van der Waals surface area contributed by atoms with Gasteiger partial charge in [-0.1, -0.05) is 0 Å². The van der Waals surface area contributed by atoms with E-state index in [0.717, 1.165) is 4.90 Å². The number of nitro benzene ring substituents is 1. The van der Waals surface area contributed by atoms with E-state index in [1.165, 1.54) is 49.2 Å². The molecule has 132 valence electrons. The minimum Gasteiger partial charge on any atom is -0.495 e. The molecule has 0 fully saturated rings. The van der Waals surface area contributed by atoms with Crippen LogP contribution in [0, 0.1) is 15.9 Å². The van der Waals surface area contributed by atoms with Crippen LogP contribution in [0.3, 0.4) is 0 Å². The van der Waals surface area contributed by atoms with Crippen LogP contribution in [0.2, 0.25) is 0 Å². The number of benzene rings is 2. The average molecular weight is 364 g/mol. The summed E-state index contributed by atoms with van der Waals surface area (Å²) in [4.78, 5) is 23.3. The molecule has 0 heterocycles. The molecule has 0 unspecified atom stereocenters. The van der Waals surface area contributed by atoms with Crippen molar-refractivity contribution in [1.29, 1.82) is 0 Å². The average Bonchev–Trinajstić information content (AvgIpc) is 2.60. The number of nitrogens with zero attached hydrogens (tertiary/aromatic N) is 1. The molecule has 8 heteroatoms. The summed E-state index contributed by atoms with van der Waals surface area (Å²) in [6.07, 6.45) is 0.880. The summed E-state index contributed by atoms with van der Waals surface area (Å²) in [7, 11) is 1.43. The van der Waals surface area contributed by atoms with Gasteiger partial charge in [-0.25, -0.2) is 4.39 Å². The molecule has 0 aliphatic heterocycles. The van der Waals surface area contributed by atoms with E-state index in [4.69, 9.17) is 4.74 Å². The number of ether oxygens (including phenoxy) is 1. The van der Waals surface area contributed by atoms with Gasteiger partial charge < -0.3 is 10.1 Å². The van der Waals surface area contributed by atoms with E-state index >= 15 is 0 Å². The highest BCUT2D eigenvalue weighted by Gasteiger charge is 2.13. The fourth-order valence-electron chi connectivity index (χ4n) is 2.07. The monoisotopic (exact) mass is 364 g/mol. The third-order valence-corrected chi connectivity index (χ3v) is 4.40. The normalized spacial score (nSPS) is 10.3. The van der Waals surface area contributed by atoms with Crippen molar-refractivity contribution in [3.05, 3.63) is 58.4 Å². The van der Waals surface area contributed by atoms with Crippen LogP contribution >= 0.6 is 11.8 Å². The van der Waals surface area contributed by atoms with Gasteiger partial charge in [0.25, 0.3) is 5.69 Å². The summed E-state index contributed by atoms with van der Waals surface area (Å²) in [5.41, 5.74) is 0.149. The number of halogens is 1. The van der Waals surface area contributed by atoms with Gasteiger partial charge in [0.1, 0.15) is 11.6 Å². The SMILES string of the molecule is COc1ccc([N+](=O)[O-])cc1NC(=O)CCCSc1ccc(F)cc1. The quantitative estimate of drug-likeness (QED) is 0.328. The summed E-state index contributed by atoms with van der Waals surface area (Å²) in [6, 6.07) is 10.2. The second-order valence-corrected chi connectivity index (χ2v) is 6.26. The number of hydrogen-bond acceptors (Lipinski definition) is 5. The Morgan fingerprint density at radius 2 is 2.00 bits per heavy atom. The van der Waals surface area contributed by atoms with Gasteiger partial charge in [-0.05, 0) is 42.5 Å². The number of carbonyl (C=O) groups is 1. The third-order valence-electron chi connectivity index (χ3n) is 3.30. The molecule has 0 saturated heterocycles. The van der Waals surface area contributed by atoms with Crippen molar-refractivity contribution in [3.63, 3.8) is 0 Å². The molecular weight excluding hydrogens is 347 g/mol. The first-order valence-electron chi connectivity index (χ1n) is 7.50. The second-order valence-electron chi connectivity index (χ2n) is 5.10. The predicted molar refractivity (Wildman–Crippen MR) is 94.6 cm³/mol. The molecule has 6 nitrogen and oxygen atoms in total. The molecule has 1 N–H and O–H groups in total. The van der Waals surface area contributed by atoms with Gasteiger partial charge in [-0.3, -0.25) is 14.9 Å². The lowest BCUT2D eigenvalue weighted by atomic mass is 10.2. The van der Waals surface area contributed by atoms with E-state index in [1.807, 2.05) is 0 Å². The van der Waals surface area contributed by atoms with E-state index in [0.29, 0.717) is 17.9 Å². The van der Waals surface area contributed by atoms with E-state index in [1.54, 1.807) is 12.1 Å². The lowest BCUT2D eigenvalue weighted by Crippen LogP contribution is -2.12. The first-order valence-corrected chi connectivity index (χ1v) is 8.49. The number of anilines is 1. The Hall–Kier alpha value is -2.61. The lowest BCUT2D eigenvalue weighted by molar-refractivity contribution is -0.384. The van der Waals surface area contributed by atoms with Crippen molar-refractivity contribution in [2.24, 2.45) is 0 Å². The highest BCUT2D eigenvalue weighted by molar-refractivity contribution is 7.99. The fraction of sp³-hybridized carbons (Fsp3) is 0.235. The maximum atomic E-state index is 12.8. The van der Waals surface area contributed by atoms with Gasteiger partial charge in [0.2, 0.25) is 5.91 Å². The Morgan fingerprint density at radius 1 is 1.28 bits per heavy atom. The summed E-state index contributed by atoms with van der Waals surface area (Å²) in [5.74, 6) is 0.526. The molecule has 2 rings (SSSR count). The van der Waals surface area contributed by atoms with Crippen LogP contribution in [0.15, 0.2) is 47.4 Å². The number of carbonyl (C=O) groups excluding carboxylic acids is 1. The Kier molecular flexibility index (Phi) is 6.76. The number of thioether (sulfide) groups is 1. The Balaban J connectivity index is 1.84. The van der Waals surface area contributed by atoms with Crippen molar-refractivity contribution in [2.45, 2.75) is 17.7 Å². The summed E-state index contributed by atoms with van der Waals surface area (Å²) in [5, 5.41) is 13.5. The maximum absolute atomic E-state index is 12.8. The molecule has 2 aromatic rings. The molecule has 0 aliphatic rings. The summed E-state index contributed by atoms with van der Waals surface area (Å²) in [6.45, 7) is 0. The number of amides is 1. The molecule has 0 atom stereocenters. The van der Waals surface area contributed by atoms with Crippen LogP contribution in [0.25, 0.3) is 0 Å². The first kappa shape index (κ1) is 18.7. The molecule has 0 radical (unpaired) electrons. The molecular formula is C17H17FN2O4S. The van der Waals surface area contributed by atoms with Crippen molar-refractivity contribution in [1.82, 2.24) is 0 Å². The van der Waals surface area contributed by atoms with Crippen LogP contribution in [0.5, 0.6) is 5.75 Å². The topological polar surface area (TPSA) is 81.5 Å². The summed E-state index contributed by atoms with van der Waals surface area (Å²) < 4.78 is 17.9. The van der Waals surface area contributed by atoms with Gasteiger partial charge >= 0.3 is 0 Å². The molecule has 0 spiro atoms. The fourth-order valence-corrected chi connectivity index (χ4v) is 2.93. The molecule has 25 heavy (non-hydrogen) atoms. The van der Waals surface area contributed by atoms with Gasteiger partial charge in [0, 0.05) is 23.4 Å².